The normalized spacial score (nSPS) is 10.7. The number of anilines is 1. The van der Waals surface area contributed by atoms with Gasteiger partial charge in [-0.15, -0.1) is 0 Å². The van der Waals surface area contributed by atoms with Crippen molar-refractivity contribution in [3.63, 3.8) is 0 Å². The van der Waals surface area contributed by atoms with Gasteiger partial charge in [-0.2, -0.15) is 0 Å². The summed E-state index contributed by atoms with van der Waals surface area (Å²) in [6, 6.07) is 5.94. The third-order valence-corrected chi connectivity index (χ3v) is 3.10. The number of furan rings is 1. The number of hydrogen-bond donors (Lipinski definition) is 1. The van der Waals surface area contributed by atoms with Crippen molar-refractivity contribution in [3.8, 4) is 5.75 Å². The number of carbonyl (C=O) groups is 1. The summed E-state index contributed by atoms with van der Waals surface area (Å²) in [5.41, 5.74) is 6.66. The molecule has 6 heteroatoms. The summed E-state index contributed by atoms with van der Waals surface area (Å²) in [7, 11) is 0. The minimum atomic E-state index is -0.558. The lowest BCUT2D eigenvalue weighted by molar-refractivity contribution is 0.0733. The molecule has 0 radical (unpaired) electrons. The maximum atomic E-state index is 11.9. The lowest BCUT2D eigenvalue weighted by Crippen LogP contribution is -2.09. The molecule has 0 fully saturated rings. The van der Waals surface area contributed by atoms with Crippen LogP contribution in [0.4, 0.5) is 5.69 Å². The fourth-order valence-corrected chi connectivity index (χ4v) is 2.02. The van der Waals surface area contributed by atoms with Crippen molar-refractivity contribution in [3.05, 3.63) is 58.3 Å². The quantitative estimate of drug-likeness (QED) is 0.441. The second kappa shape index (κ2) is 4.82. The molecule has 0 atom stereocenters. The number of carbonyl (C=O) groups excluding carboxylic acids is 1. The lowest BCUT2D eigenvalue weighted by atomic mass is 10.1. The highest BCUT2D eigenvalue weighted by molar-refractivity contribution is 5.94. The first kappa shape index (κ1) is 13.0. The van der Waals surface area contributed by atoms with Crippen LogP contribution in [0.25, 0.3) is 11.0 Å². The third kappa shape index (κ3) is 2.27. The predicted molar refractivity (Wildman–Crippen MR) is 75.3 cm³/mol. The van der Waals surface area contributed by atoms with Gasteiger partial charge in [-0.05, 0) is 25.1 Å². The monoisotopic (exact) mass is 285 g/mol. The second-order valence-corrected chi connectivity index (χ2v) is 4.49. The molecular weight excluding hydrogens is 274 g/mol. The predicted octanol–water partition coefficient (Wildman–Crippen LogP) is 2.50. The zero-order valence-electron chi connectivity index (χ0n) is 11.1. The van der Waals surface area contributed by atoms with Crippen LogP contribution < -0.4 is 16.1 Å². The Morgan fingerprint density at radius 1 is 1.29 bits per heavy atom. The number of nitrogens with two attached hydrogens (primary N) is 1. The first-order valence-electron chi connectivity index (χ1n) is 6.13. The standard InChI is InChI=1S/C15H11NO5/c1-8-12(20-15(18)9-4-5-19-7-9)3-2-10-11(16)6-13(17)21-14(8)10/h2-7H,16H2,1H3. The zero-order chi connectivity index (χ0) is 15.0. The Labute approximate surface area is 118 Å². The van der Waals surface area contributed by atoms with Gasteiger partial charge in [-0.3, -0.25) is 0 Å². The maximum Gasteiger partial charge on any atom is 0.346 e. The molecule has 0 aliphatic heterocycles. The molecule has 3 aromatic rings. The minimum Gasteiger partial charge on any atom is -0.472 e. The zero-order valence-corrected chi connectivity index (χ0v) is 11.1. The smallest absolute Gasteiger partial charge is 0.346 e. The summed E-state index contributed by atoms with van der Waals surface area (Å²) in [5, 5.41) is 0.593. The van der Waals surface area contributed by atoms with E-state index < -0.39 is 11.6 Å². The summed E-state index contributed by atoms with van der Waals surface area (Å²) in [4.78, 5) is 23.3. The number of benzene rings is 1. The van der Waals surface area contributed by atoms with E-state index in [4.69, 9.17) is 19.3 Å². The Balaban J connectivity index is 2.06. The molecule has 0 spiro atoms. The van der Waals surface area contributed by atoms with Gasteiger partial charge in [-0.1, -0.05) is 0 Å². The molecule has 0 amide bonds. The van der Waals surface area contributed by atoms with Crippen LogP contribution in [0, 0.1) is 6.92 Å². The number of nitrogen functional groups attached to an aromatic ring is 1. The van der Waals surface area contributed by atoms with Crippen LogP contribution in [0.5, 0.6) is 5.75 Å². The first-order valence-corrected chi connectivity index (χ1v) is 6.13. The van der Waals surface area contributed by atoms with E-state index in [1.807, 2.05) is 0 Å². The Bertz CT molecular complexity index is 877. The molecule has 0 bridgehead atoms. The van der Waals surface area contributed by atoms with Crippen molar-refractivity contribution < 1.29 is 18.4 Å². The van der Waals surface area contributed by atoms with Crippen molar-refractivity contribution in [1.29, 1.82) is 0 Å². The van der Waals surface area contributed by atoms with Crippen LogP contribution in [-0.4, -0.2) is 5.97 Å². The Kier molecular flexibility index (Phi) is 2.98. The summed E-state index contributed by atoms with van der Waals surface area (Å²) in [5.74, 6) is -0.264. The largest absolute Gasteiger partial charge is 0.472 e. The number of aryl methyl sites for hydroxylation is 1. The highest BCUT2D eigenvalue weighted by Crippen LogP contribution is 2.29. The van der Waals surface area contributed by atoms with Crippen LogP contribution in [-0.2, 0) is 0 Å². The van der Waals surface area contributed by atoms with Gasteiger partial charge in [0.05, 0.1) is 11.8 Å². The van der Waals surface area contributed by atoms with Gasteiger partial charge in [0.2, 0.25) is 0 Å². The molecule has 6 nitrogen and oxygen atoms in total. The average molecular weight is 285 g/mol. The maximum absolute atomic E-state index is 11.9. The average Bonchev–Trinajstić information content (AvgIpc) is 2.96. The summed E-state index contributed by atoms with van der Waals surface area (Å²) in [6.07, 6.45) is 2.67. The van der Waals surface area contributed by atoms with E-state index in [2.05, 4.69) is 0 Å². The molecule has 0 saturated carbocycles. The van der Waals surface area contributed by atoms with E-state index in [0.717, 1.165) is 0 Å². The molecule has 0 unspecified atom stereocenters. The molecule has 0 aliphatic rings. The SMILES string of the molecule is Cc1c(OC(=O)c2ccoc2)ccc2c(N)cc(=O)oc12. The molecule has 3 rings (SSSR count). The van der Waals surface area contributed by atoms with E-state index >= 15 is 0 Å². The number of ether oxygens (including phenoxy) is 1. The molecule has 21 heavy (non-hydrogen) atoms. The topological polar surface area (TPSA) is 95.7 Å². The molecule has 1 aromatic carbocycles. The highest BCUT2D eigenvalue weighted by Gasteiger charge is 2.15. The summed E-state index contributed by atoms with van der Waals surface area (Å²) < 4.78 is 15.2. The van der Waals surface area contributed by atoms with Crippen LogP contribution in [0.15, 0.2) is 50.4 Å². The van der Waals surface area contributed by atoms with E-state index in [9.17, 15) is 9.59 Å². The van der Waals surface area contributed by atoms with Crippen molar-refractivity contribution in [2.75, 3.05) is 5.73 Å². The van der Waals surface area contributed by atoms with Gasteiger partial charge in [-0.25, -0.2) is 9.59 Å². The van der Waals surface area contributed by atoms with E-state index in [1.165, 1.54) is 24.7 Å². The molecular formula is C15H11NO5. The molecule has 2 aromatic heterocycles. The van der Waals surface area contributed by atoms with Crippen LogP contribution in [0.1, 0.15) is 15.9 Å². The Morgan fingerprint density at radius 2 is 2.10 bits per heavy atom. The molecule has 0 saturated heterocycles. The Morgan fingerprint density at radius 3 is 2.81 bits per heavy atom. The van der Waals surface area contributed by atoms with Gasteiger partial charge in [0.25, 0.3) is 0 Å². The van der Waals surface area contributed by atoms with Crippen LogP contribution in [0.2, 0.25) is 0 Å². The van der Waals surface area contributed by atoms with Crippen molar-refractivity contribution in [2.24, 2.45) is 0 Å². The third-order valence-electron chi connectivity index (χ3n) is 3.10. The van der Waals surface area contributed by atoms with Gasteiger partial charge in [0, 0.05) is 22.7 Å². The molecule has 2 heterocycles. The van der Waals surface area contributed by atoms with Gasteiger partial charge in [0.1, 0.15) is 17.6 Å². The van der Waals surface area contributed by atoms with E-state index in [0.29, 0.717) is 33.5 Å². The first-order chi connectivity index (χ1) is 10.1. The van der Waals surface area contributed by atoms with Gasteiger partial charge < -0.3 is 19.3 Å². The lowest BCUT2D eigenvalue weighted by Gasteiger charge is -2.09. The number of rotatable bonds is 2. The number of hydrogen-bond acceptors (Lipinski definition) is 6. The number of fused-ring (bicyclic) bond motifs is 1. The second-order valence-electron chi connectivity index (χ2n) is 4.49. The van der Waals surface area contributed by atoms with Crippen molar-refractivity contribution in [2.45, 2.75) is 6.92 Å². The number of esters is 1. The Hall–Kier alpha value is -3.02. The molecule has 0 aliphatic carbocycles. The van der Waals surface area contributed by atoms with E-state index in [1.54, 1.807) is 19.1 Å². The summed E-state index contributed by atoms with van der Waals surface area (Å²) in [6.45, 7) is 1.68. The highest BCUT2D eigenvalue weighted by atomic mass is 16.5. The van der Waals surface area contributed by atoms with Gasteiger partial charge in [0.15, 0.2) is 0 Å². The van der Waals surface area contributed by atoms with Crippen LogP contribution >= 0.6 is 0 Å². The van der Waals surface area contributed by atoms with Crippen LogP contribution in [0.3, 0.4) is 0 Å². The minimum absolute atomic E-state index is 0.294. The van der Waals surface area contributed by atoms with Crippen molar-refractivity contribution in [1.82, 2.24) is 0 Å². The molecule has 2 N–H and O–H groups in total. The van der Waals surface area contributed by atoms with Crippen molar-refractivity contribution >= 4 is 22.6 Å². The van der Waals surface area contributed by atoms with Gasteiger partial charge >= 0.3 is 11.6 Å². The molecule has 106 valence electrons. The summed E-state index contributed by atoms with van der Waals surface area (Å²) >= 11 is 0. The van der Waals surface area contributed by atoms with E-state index in [-0.39, 0.29) is 0 Å². The fraction of sp³-hybridized carbons (Fsp3) is 0.0667. The fourth-order valence-electron chi connectivity index (χ4n) is 2.02.